The van der Waals surface area contributed by atoms with Gasteiger partial charge in [-0.05, 0) is 25.5 Å². The molecule has 0 aliphatic carbocycles. The zero-order valence-electron chi connectivity index (χ0n) is 13.0. The molecule has 4 N–H and O–H groups in total. The second kappa shape index (κ2) is 7.89. The summed E-state index contributed by atoms with van der Waals surface area (Å²) in [5, 5.41) is 23.1. The number of hydrogen-bond acceptors (Lipinski definition) is 5. The number of urea groups is 1. The summed E-state index contributed by atoms with van der Waals surface area (Å²) in [7, 11) is 0. The van der Waals surface area contributed by atoms with Crippen molar-refractivity contribution in [3.63, 3.8) is 0 Å². The molecule has 2 rings (SSSR count). The second-order valence-corrected chi connectivity index (χ2v) is 5.62. The largest absolute Gasteiger partial charge is 0.394 e. The van der Waals surface area contributed by atoms with Crippen LogP contribution in [0.4, 0.5) is 4.79 Å². The number of aliphatic hydroxyl groups is 2. The summed E-state index contributed by atoms with van der Waals surface area (Å²) >= 11 is 0. The molecule has 0 radical (unpaired) electrons. The summed E-state index contributed by atoms with van der Waals surface area (Å²) in [6.07, 6.45) is 1.25. The smallest absolute Gasteiger partial charge is 0.315 e. The van der Waals surface area contributed by atoms with Crippen LogP contribution in [-0.2, 0) is 0 Å². The molecule has 1 aromatic heterocycles. The third-order valence-electron chi connectivity index (χ3n) is 3.68. The maximum atomic E-state index is 12.3. The first-order valence-corrected chi connectivity index (χ1v) is 7.55. The van der Waals surface area contributed by atoms with Crippen molar-refractivity contribution in [3.05, 3.63) is 29.6 Å². The normalized spacial score (nSPS) is 18.6. The summed E-state index contributed by atoms with van der Waals surface area (Å²) in [4.78, 5) is 29.8. The van der Waals surface area contributed by atoms with Gasteiger partial charge >= 0.3 is 6.03 Å². The molecule has 2 heterocycles. The minimum Gasteiger partial charge on any atom is -0.394 e. The summed E-state index contributed by atoms with van der Waals surface area (Å²) in [6, 6.07) is 2.98. The van der Waals surface area contributed by atoms with Gasteiger partial charge in [0.15, 0.2) is 0 Å². The zero-order valence-corrected chi connectivity index (χ0v) is 13.0. The minimum absolute atomic E-state index is 0.0211. The molecule has 1 aliphatic rings. The first kappa shape index (κ1) is 17.2. The molecule has 0 spiro atoms. The Morgan fingerprint density at radius 2 is 2.26 bits per heavy atom. The number of aliphatic hydroxyl groups excluding tert-OH is 2. The van der Waals surface area contributed by atoms with Crippen molar-refractivity contribution in [1.29, 1.82) is 0 Å². The van der Waals surface area contributed by atoms with Crippen LogP contribution in [0.3, 0.4) is 0 Å². The molecule has 1 saturated heterocycles. The lowest BCUT2D eigenvalue weighted by Crippen LogP contribution is -2.46. The Bertz CT molecular complexity index is 549. The predicted molar refractivity (Wildman–Crippen MR) is 82.9 cm³/mol. The summed E-state index contributed by atoms with van der Waals surface area (Å²) < 4.78 is 0. The predicted octanol–water partition coefficient (Wildman–Crippen LogP) is -0.743. The van der Waals surface area contributed by atoms with Gasteiger partial charge in [0.05, 0.1) is 18.3 Å². The highest BCUT2D eigenvalue weighted by Gasteiger charge is 2.28. The number of likely N-dealkylation sites (tertiary alicyclic amines) is 1. The number of rotatable bonds is 5. The van der Waals surface area contributed by atoms with E-state index in [0.717, 1.165) is 5.69 Å². The summed E-state index contributed by atoms with van der Waals surface area (Å²) in [5.41, 5.74) is 1.39. The quantitative estimate of drug-likeness (QED) is 0.570. The molecule has 8 nitrogen and oxygen atoms in total. The van der Waals surface area contributed by atoms with Gasteiger partial charge in [0.25, 0.3) is 5.91 Å². The third kappa shape index (κ3) is 4.90. The molecular weight excluding hydrogens is 300 g/mol. The number of carbonyl (C=O) groups is 2. The van der Waals surface area contributed by atoms with E-state index in [9.17, 15) is 14.7 Å². The Kier molecular flexibility index (Phi) is 5.89. The van der Waals surface area contributed by atoms with E-state index in [0.29, 0.717) is 25.1 Å². The van der Waals surface area contributed by atoms with Gasteiger partial charge in [0, 0.05) is 37.6 Å². The van der Waals surface area contributed by atoms with Gasteiger partial charge in [-0.3, -0.25) is 9.78 Å². The lowest BCUT2D eigenvalue weighted by atomic mass is 10.2. The van der Waals surface area contributed by atoms with Gasteiger partial charge in [0.1, 0.15) is 0 Å². The van der Waals surface area contributed by atoms with Crippen LogP contribution >= 0.6 is 0 Å². The second-order valence-electron chi connectivity index (χ2n) is 5.62. The Hall–Kier alpha value is -2.19. The van der Waals surface area contributed by atoms with Crippen LogP contribution in [0.5, 0.6) is 0 Å². The lowest BCUT2D eigenvalue weighted by molar-refractivity contribution is 0.0788. The zero-order chi connectivity index (χ0) is 16.8. The fraction of sp³-hybridized carbons (Fsp3) is 0.533. The van der Waals surface area contributed by atoms with E-state index in [1.54, 1.807) is 23.2 Å². The van der Waals surface area contributed by atoms with Crippen LogP contribution in [0.1, 0.15) is 22.5 Å². The van der Waals surface area contributed by atoms with Crippen molar-refractivity contribution in [3.8, 4) is 0 Å². The number of pyridine rings is 1. The highest BCUT2D eigenvalue weighted by molar-refractivity contribution is 5.94. The molecule has 0 bridgehead atoms. The number of hydrogen-bond donors (Lipinski definition) is 4. The van der Waals surface area contributed by atoms with Crippen molar-refractivity contribution >= 4 is 11.9 Å². The number of amides is 3. The lowest BCUT2D eigenvalue weighted by Gasteiger charge is -2.17. The first-order valence-electron chi connectivity index (χ1n) is 7.55. The Labute approximate surface area is 134 Å². The molecule has 0 aromatic carbocycles. The van der Waals surface area contributed by atoms with Gasteiger partial charge < -0.3 is 25.7 Å². The topological polar surface area (TPSA) is 115 Å². The fourth-order valence-corrected chi connectivity index (χ4v) is 2.35. The maximum Gasteiger partial charge on any atom is 0.315 e. The first-order chi connectivity index (χ1) is 11.0. The Morgan fingerprint density at radius 3 is 2.91 bits per heavy atom. The molecule has 126 valence electrons. The molecule has 23 heavy (non-hydrogen) atoms. The average molecular weight is 322 g/mol. The van der Waals surface area contributed by atoms with Crippen molar-refractivity contribution in [1.82, 2.24) is 20.5 Å². The molecule has 2 atom stereocenters. The van der Waals surface area contributed by atoms with Crippen molar-refractivity contribution in [2.45, 2.75) is 25.5 Å². The van der Waals surface area contributed by atoms with E-state index in [1.807, 2.05) is 6.92 Å². The van der Waals surface area contributed by atoms with Crippen LogP contribution in [0, 0.1) is 6.92 Å². The number of nitrogens with one attached hydrogen (secondary N) is 2. The summed E-state index contributed by atoms with van der Waals surface area (Å²) in [5.74, 6) is -0.0992. The van der Waals surface area contributed by atoms with Gasteiger partial charge in [-0.2, -0.15) is 0 Å². The van der Waals surface area contributed by atoms with E-state index in [2.05, 4.69) is 15.6 Å². The van der Waals surface area contributed by atoms with Gasteiger partial charge in [-0.1, -0.05) is 0 Å². The Balaban J connectivity index is 1.80. The number of carbonyl (C=O) groups excluding carboxylic acids is 2. The molecule has 1 aliphatic heterocycles. The SMILES string of the molecule is Cc1ccc(C(=O)N2CC[C@@H](NC(=O)NCC(O)CO)C2)cn1. The van der Waals surface area contributed by atoms with E-state index in [1.165, 1.54) is 0 Å². The van der Waals surface area contributed by atoms with Gasteiger partial charge in [-0.15, -0.1) is 0 Å². The van der Waals surface area contributed by atoms with Crippen LogP contribution in [0.15, 0.2) is 18.3 Å². The van der Waals surface area contributed by atoms with E-state index < -0.39 is 18.7 Å². The van der Waals surface area contributed by atoms with Gasteiger partial charge in [-0.25, -0.2) is 4.79 Å². The van der Waals surface area contributed by atoms with Crippen LogP contribution < -0.4 is 10.6 Å². The van der Waals surface area contributed by atoms with Crippen LogP contribution in [0.2, 0.25) is 0 Å². The van der Waals surface area contributed by atoms with Crippen molar-refractivity contribution in [2.75, 3.05) is 26.2 Å². The molecule has 1 aromatic rings. The molecular formula is C15H22N4O4. The number of aryl methyl sites for hydroxylation is 1. The molecule has 8 heteroatoms. The highest BCUT2D eigenvalue weighted by Crippen LogP contribution is 2.13. The van der Waals surface area contributed by atoms with E-state index in [-0.39, 0.29) is 18.5 Å². The fourth-order valence-electron chi connectivity index (χ4n) is 2.35. The van der Waals surface area contributed by atoms with E-state index >= 15 is 0 Å². The number of nitrogens with zero attached hydrogens (tertiary/aromatic N) is 2. The standard InChI is InChI=1S/C15H22N4O4/c1-10-2-3-11(6-16-10)14(22)19-5-4-12(8-19)18-15(23)17-7-13(21)9-20/h2-3,6,12-13,20-21H,4-5,7-9H2,1H3,(H2,17,18,23)/t12-,13?/m1/s1. The summed E-state index contributed by atoms with van der Waals surface area (Å²) in [6.45, 7) is 2.43. The van der Waals surface area contributed by atoms with Crippen molar-refractivity contribution < 1.29 is 19.8 Å². The Morgan fingerprint density at radius 1 is 1.48 bits per heavy atom. The number of aromatic nitrogens is 1. The highest BCUT2D eigenvalue weighted by atomic mass is 16.3. The maximum absolute atomic E-state index is 12.3. The molecule has 1 fully saturated rings. The molecule has 3 amide bonds. The molecule has 0 saturated carbocycles. The van der Waals surface area contributed by atoms with Gasteiger partial charge in [0.2, 0.25) is 0 Å². The van der Waals surface area contributed by atoms with Crippen LogP contribution in [-0.4, -0.2) is 70.4 Å². The van der Waals surface area contributed by atoms with E-state index in [4.69, 9.17) is 5.11 Å². The molecule has 1 unspecified atom stereocenters. The van der Waals surface area contributed by atoms with Crippen LogP contribution in [0.25, 0.3) is 0 Å². The monoisotopic (exact) mass is 322 g/mol. The third-order valence-corrected chi connectivity index (χ3v) is 3.68. The minimum atomic E-state index is -0.976. The van der Waals surface area contributed by atoms with Crippen molar-refractivity contribution in [2.24, 2.45) is 0 Å². The average Bonchev–Trinajstić information content (AvgIpc) is 3.01.